The number of alkyl halides is 3. The van der Waals surface area contributed by atoms with Gasteiger partial charge in [-0.25, -0.2) is 9.59 Å². The number of amides is 3. The molecule has 1 aliphatic heterocycles. The SMILES string of the molecule is CCCC[C@@H](CCNC(=O)N1CCOCC1)NC(=O)O[C@H](Cn1ccc(-c2ccc(C(F)(F)F)cc2)n1)C(C)(C)C. The second-order valence-electron chi connectivity index (χ2n) is 11.4. The van der Waals surface area contributed by atoms with Crippen LogP contribution in [0.3, 0.4) is 0 Å². The minimum Gasteiger partial charge on any atom is -0.444 e. The summed E-state index contributed by atoms with van der Waals surface area (Å²) in [4.78, 5) is 27.1. The van der Waals surface area contributed by atoms with Crippen molar-refractivity contribution in [2.45, 2.75) is 78.2 Å². The highest BCUT2D eigenvalue weighted by Crippen LogP contribution is 2.31. The van der Waals surface area contributed by atoms with Gasteiger partial charge in [-0.1, -0.05) is 52.7 Å². The van der Waals surface area contributed by atoms with Gasteiger partial charge in [0.15, 0.2) is 0 Å². The smallest absolute Gasteiger partial charge is 0.416 e. The van der Waals surface area contributed by atoms with Gasteiger partial charge in [-0.3, -0.25) is 4.68 Å². The molecule has 41 heavy (non-hydrogen) atoms. The van der Waals surface area contributed by atoms with E-state index < -0.39 is 29.4 Å². The summed E-state index contributed by atoms with van der Waals surface area (Å²) in [6.45, 7) is 10.8. The van der Waals surface area contributed by atoms with Crippen molar-refractivity contribution in [3.8, 4) is 11.3 Å². The van der Waals surface area contributed by atoms with Gasteiger partial charge in [-0.05, 0) is 31.0 Å². The van der Waals surface area contributed by atoms with E-state index in [1.807, 2.05) is 20.8 Å². The molecule has 2 N–H and O–H groups in total. The van der Waals surface area contributed by atoms with Crippen molar-refractivity contribution in [2.75, 3.05) is 32.8 Å². The molecule has 1 aliphatic rings. The quantitative estimate of drug-likeness (QED) is 0.355. The number of carbonyl (C=O) groups excluding carboxylic acids is 2. The van der Waals surface area contributed by atoms with Crippen molar-refractivity contribution in [3.63, 3.8) is 0 Å². The highest BCUT2D eigenvalue weighted by atomic mass is 19.4. The molecule has 3 rings (SSSR count). The monoisotopic (exact) mass is 581 g/mol. The van der Waals surface area contributed by atoms with E-state index in [-0.39, 0.29) is 18.6 Å². The van der Waals surface area contributed by atoms with E-state index >= 15 is 0 Å². The summed E-state index contributed by atoms with van der Waals surface area (Å²) in [7, 11) is 0. The number of alkyl carbamates (subject to hydrolysis) is 1. The van der Waals surface area contributed by atoms with E-state index in [1.165, 1.54) is 12.1 Å². The fraction of sp³-hybridized carbons (Fsp3) is 0.621. The van der Waals surface area contributed by atoms with E-state index in [0.717, 1.165) is 31.4 Å². The first kappa shape index (κ1) is 32.2. The van der Waals surface area contributed by atoms with Crippen LogP contribution in [0.25, 0.3) is 11.3 Å². The van der Waals surface area contributed by atoms with Crippen LogP contribution in [0, 0.1) is 5.41 Å². The molecule has 0 unspecified atom stereocenters. The molecule has 1 fully saturated rings. The maximum atomic E-state index is 13.0. The third-order valence-corrected chi connectivity index (χ3v) is 7.01. The van der Waals surface area contributed by atoms with Crippen molar-refractivity contribution in [3.05, 3.63) is 42.1 Å². The van der Waals surface area contributed by atoms with Crippen molar-refractivity contribution in [1.29, 1.82) is 0 Å². The molecule has 2 aromatic rings. The maximum Gasteiger partial charge on any atom is 0.416 e. The Kier molecular flexibility index (Phi) is 11.5. The number of hydrogen-bond acceptors (Lipinski definition) is 5. The Morgan fingerprint density at radius 2 is 1.76 bits per heavy atom. The number of halogens is 3. The third-order valence-electron chi connectivity index (χ3n) is 7.01. The number of rotatable bonds is 11. The molecule has 0 aliphatic carbocycles. The molecule has 3 amide bonds. The van der Waals surface area contributed by atoms with Crippen molar-refractivity contribution in [1.82, 2.24) is 25.3 Å². The first-order valence-corrected chi connectivity index (χ1v) is 14.2. The Bertz CT molecular complexity index is 1110. The molecular weight excluding hydrogens is 539 g/mol. The molecule has 9 nitrogen and oxygen atoms in total. The molecule has 0 saturated carbocycles. The molecule has 0 spiro atoms. The maximum absolute atomic E-state index is 13.0. The van der Waals surface area contributed by atoms with E-state index in [2.05, 4.69) is 22.7 Å². The predicted octanol–water partition coefficient (Wildman–Crippen LogP) is 5.70. The van der Waals surface area contributed by atoms with E-state index in [9.17, 15) is 22.8 Å². The molecule has 228 valence electrons. The van der Waals surface area contributed by atoms with Gasteiger partial charge in [0.2, 0.25) is 0 Å². The summed E-state index contributed by atoms with van der Waals surface area (Å²) in [5.41, 5.74) is -0.0514. The van der Waals surface area contributed by atoms with Gasteiger partial charge in [-0.15, -0.1) is 0 Å². The summed E-state index contributed by atoms with van der Waals surface area (Å²) in [6, 6.07) is 6.26. The zero-order chi connectivity index (χ0) is 30.0. The van der Waals surface area contributed by atoms with Crippen LogP contribution >= 0.6 is 0 Å². The summed E-state index contributed by atoms with van der Waals surface area (Å²) < 4.78 is 51.5. The molecule has 2 heterocycles. The minimum atomic E-state index is -4.40. The number of ether oxygens (including phenoxy) is 2. The third kappa shape index (κ3) is 10.2. The van der Waals surface area contributed by atoms with Crippen molar-refractivity contribution >= 4 is 12.1 Å². The van der Waals surface area contributed by atoms with Crippen LogP contribution in [0.5, 0.6) is 0 Å². The van der Waals surface area contributed by atoms with Crippen LogP contribution in [0.4, 0.5) is 22.8 Å². The lowest BCUT2D eigenvalue weighted by atomic mass is 9.89. The molecule has 12 heteroatoms. The molecule has 0 radical (unpaired) electrons. The fourth-order valence-electron chi connectivity index (χ4n) is 4.41. The summed E-state index contributed by atoms with van der Waals surface area (Å²) in [5.74, 6) is 0. The van der Waals surface area contributed by atoms with E-state index in [4.69, 9.17) is 9.47 Å². The first-order chi connectivity index (χ1) is 19.4. The number of nitrogens with zero attached hydrogens (tertiary/aromatic N) is 3. The Morgan fingerprint density at radius 3 is 2.37 bits per heavy atom. The zero-order valence-electron chi connectivity index (χ0n) is 24.3. The molecule has 0 bridgehead atoms. The second-order valence-corrected chi connectivity index (χ2v) is 11.4. The number of morpholine rings is 1. The average Bonchev–Trinajstić information content (AvgIpc) is 3.39. The number of benzene rings is 1. The molecule has 1 aromatic carbocycles. The first-order valence-electron chi connectivity index (χ1n) is 14.2. The van der Waals surface area contributed by atoms with Gasteiger partial charge in [0.1, 0.15) is 6.10 Å². The highest BCUT2D eigenvalue weighted by Gasteiger charge is 2.31. The molecule has 1 saturated heterocycles. The molecule has 1 aromatic heterocycles. The Morgan fingerprint density at radius 1 is 1.07 bits per heavy atom. The Hall–Kier alpha value is -3.28. The van der Waals surface area contributed by atoms with Gasteiger partial charge in [0.05, 0.1) is 31.0 Å². The van der Waals surface area contributed by atoms with Crippen LogP contribution < -0.4 is 10.6 Å². The zero-order valence-corrected chi connectivity index (χ0v) is 24.3. The lowest BCUT2D eigenvalue weighted by molar-refractivity contribution is -0.137. The largest absolute Gasteiger partial charge is 0.444 e. The second kappa shape index (κ2) is 14.6. The van der Waals surface area contributed by atoms with E-state index in [1.54, 1.807) is 21.8 Å². The van der Waals surface area contributed by atoms with E-state index in [0.29, 0.717) is 50.5 Å². The predicted molar refractivity (Wildman–Crippen MR) is 149 cm³/mol. The average molecular weight is 582 g/mol. The number of aromatic nitrogens is 2. The van der Waals surface area contributed by atoms with Gasteiger partial charge in [-0.2, -0.15) is 18.3 Å². The van der Waals surface area contributed by atoms with Gasteiger partial charge < -0.3 is 25.0 Å². The normalized spacial score (nSPS) is 15.7. The lowest BCUT2D eigenvalue weighted by Crippen LogP contribution is -2.47. The topological polar surface area (TPSA) is 97.7 Å². The molecular formula is C29H42F3N5O4. The Labute approximate surface area is 239 Å². The van der Waals surface area contributed by atoms with Crippen LogP contribution in [-0.2, 0) is 22.2 Å². The summed E-state index contributed by atoms with van der Waals surface area (Å²) >= 11 is 0. The number of carbonyl (C=O) groups is 2. The van der Waals surface area contributed by atoms with Gasteiger partial charge >= 0.3 is 18.3 Å². The fourth-order valence-corrected chi connectivity index (χ4v) is 4.41. The lowest BCUT2D eigenvalue weighted by Gasteiger charge is -2.31. The number of nitrogens with one attached hydrogen (secondary N) is 2. The van der Waals surface area contributed by atoms with Crippen LogP contribution in [-0.4, -0.2) is 71.8 Å². The molecule has 2 atom stereocenters. The van der Waals surface area contributed by atoms with Crippen molar-refractivity contribution in [2.24, 2.45) is 5.41 Å². The van der Waals surface area contributed by atoms with Crippen LogP contribution in [0.2, 0.25) is 0 Å². The van der Waals surface area contributed by atoms with Crippen LogP contribution in [0.1, 0.15) is 58.9 Å². The van der Waals surface area contributed by atoms with Gasteiger partial charge in [0.25, 0.3) is 0 Å². The summed E-state index contributed by atoms with van der Waals surface area (Å²) in [5, 5.41) is 10.4. The van der Waals surface area contributed by atoms with Crippen LogP contribution in [0.15, 0.2) is 36.5 Å². The van der Waals surface area contributed by atoms with Crippen molar-refractivity contribution < 1.29 is 32.2 Å². The minimum absolute atomic E-state index is 0.132. The number of urea groups is 1. The number of hydrogen-bond donors (Lipinski definition) is 2. The summed E-state index contributed by atoms with van der Waals surface area (Å²) in [6.07, 6.45) is -0.535. The number of unbranched alkanes of at least 4 members (excludes halogenated alkanes) is 1. The Balaban J connectivity index is 1.57. The highest BCUT2D eigenvalue weighted by molar-refractivity contribution is 5.74. The van der Waals surface area contributed by atoms with Gasteiger partial charge in [0, 0.05) is 42.9 Å². The standard InChI is InChI=1S/C29H42F3N5O4/c1-5-6-7-23(12-14-33-26(38)36-16-18-40-19-17-36)34-27(39)41-25(28(2,3)4)20-37-15-13-24(35-37)21-8-10-22(11-9-21)29(30,31)32/h8-11,13,15,23,25H,5-7,12,14,16-20H2,1-4H3,(H,33,38)(H,34,39)/t23-,25+/m0/s1.